The van der Waals surface area contributed by atoms with Gasteiger partial charge in [-0.05, 0) is 45.3 Å². The Bertz CT molecular complexity index is 556. The fourth-order valence-electron chi connectivity index (χ4n) is 1.91. The summed E-state index contributed by atoms with van der Waals surface area (Å²) in [6.45, 7) is 7.85. The van der Waals surface area contributed by atoms with Crippen LogP contribution in [0.4, 0.5) is 0 Å². The maximum Gasteiger partial charge on any atom is 0.494 e. The van der Waals surface area contributed by atoms with Crippen LogP contribution in [0.5, 0.6) is 0 Å². The minimum absolute atomic E-state index is 0.290. The number of carbonyl (C=O) groups is 1. The van der Waals surface area contributed by atoms with Crippen LogP contribution in [-0.4, -0.2) is 33.0 Å². The summed E-state index contributed by atoms with van der Waals surface area (Å²) in [6, 6.07) is 6.53. The van der Waals surface area contributed by atoms with Gasteiger partial charge in [0.2, 0.25) is 0 Å². The van der Waals surface area contributed by atoms with E-state index in [1.165, 1.54) is 0 Å². The number of hydrogen-bond acceptors (Lipinski definition) is 4. The average molecular weight is 311 g/mol. The van der Waals surface area contributed by atoms with Crippen molar-refractivity contribution < 1.29 is 22.9 Å². The molecule has 1 aromatic carbocycles. The molecule has 1 atom stereocenters. The van der Waals surface area contributed by atoms with Gasteiger partial charge in [0.25, 0.3) is 17.2 Å². The van der Waals surface area contributed by atoms with Crippen molar-refractivity contribution in [2.45, 2.75) is 38.9 Å². The van der Waals surface area contributed by atoms with Gasteiger partial charge in [-0.2, -0.15) is 0 Å². The predicted molar refractivity (Wildman–Crippen MR) is 80.4 cm³/mol. The second-order valence-corrected chi connectivity index (χ2v) is 6.59. The molecule has 6 nitrogen and oxygen atoms in total. The lowest BCUT2D eigenvalue weighted by atomic mass is 9.79. The summed E-state index contributed by atoms with van der Waals surface area (Å²) in [5, 5.41) is 0. The second-order valence-electron chi connectivity index (χ2n) is 5.89. The van der Waals surface area contributed by atoms with Crippen LogP contribution < -0.4 is 10.2 Å². The largest absolute Gasteiger partial charge is 0.494 e. The van der Waals surface area contributed by atoms with Crippen molar-refractivity contribution in [2.75, 3.05) is 0 Å². The molecule has 1 aliphatic heterocycles. The lowest BCUT2D eigenvalue weighted by molar-refractivity contribution is 0.00578. The topological polar surface area (TPSA) is 84.9 Å². The Kier molecular flexibility index (Phi) is 4.25. The van der Waals surface area contributed by atoms with E-state index in [2.05, 4.69) is 0 Å². The van der Waals surface area contributed by atoms with E-state index < -0.39 is 35.5 Å². The van der Waals surface area contributed by atoms with Gasteiger partial charge in [-0.1, -0.05) is 12.1 Å². The van der Waals surface area contributed by atoms with E-state index in [0.717, 1.165) is 5.46 Å². The molecule has 1 unspecified atom stereocenters. The fraction of sp³-hybridized carbons (Fsp3) is 0.462. The standard InChI is InChI=1S/C13H18BNO5S/c1-12(2)13(3,4)20-14(19-12)10-7-5-9(6-8-10)11(16)15-21(17)18/h5-8H,1-4H3,(H,15,16)(H,17,18). The molecule has 0 radical (unpaired) electrons. The van der Waals surface area contributed by atoms with E-state index in [1.54, 1.807) is 24.3 Å². The van der Waals surface area contributed by atoms with Crippen LogP contribution in [0.25, 0.3) is 0 Å². The van der Waals surface area contributed by atoms with Crippen LogP contribution >= 0.6 is 0 Å². The monoisotopic (exact) mass is 311 g/mol. The van der Waals surface area contributed by atoms with Crippen molar-refractivity contribution in [1.82, 2.24) is 4.72 Å². The lowest BCUT2D eigenvalue weighted by Gasteiger charge is -2.32. The predicted octanol–water partition coefficient (Wildman–Crippen LogP) is 0.852. The van der Waals surface area contributed by atoms with Crippen molar-refractivity contribution in [3.63, 3.8) is 0 Å². The zero-order valence-corrected chi connectivity index (χ0v) is 13.2. The van der Waals surface area contributed by atoms with Crippen molar-refractivity contribution >= 4 is 29.8 Å². The van der Waals surface area contributed by atoms with Crippen molar-refractivity contribution in [2.24, 2.45) is 0 Å². The molecule has 21 heavy (non-hydrogen) atoms. The quantitative estimate of drug-likeness (QED) is 0.639. The molecular formula is C13H18BNO5S. The third kappa shape index (κ3) is 3.34. The van der Waals surface area contributed by atoms with Crippen LogP contribution in [0.3, 0.4) is 0 Å². The Morgan fingerprint density at radius 2 is 1.62 bits per heavy atom. The lowest BCUT2D eigenvalue weighted by Crippen LogP contribution is -2.41. The Hall–Kier alpha value is -1.22. The van der Waals surface area contributed by atoms with E-state index in [9.17, 15) is 9.00 Å². The Balaban J connectivity index is 2.14. The van der Waals surface area contributed by atoms with E-state index in [0.29, 0.717) is 0 Å². The maximum atomic E-state index is 11.6. The van der Waals surface area contributed by atoms with E-state index in [1.807, 2.05) is 32.4 Å². The second kappa shape index (κ2) is 5.53. The van der Waals surface area contributed by atoms with Gasteiger partial charge in [0, 0.05) is 5.56 Å². The van der Waals surface area contributed by atoms with Crippen LogP contribution in [0.2, 0.25) is 0 Å². The molecular weight excluding hydrogens is 293 g/mol. The molecule has 2 rings (SSSR count). The Labute approximate surface area is 126 Å². The maximum absolute atomic E-state index is 11.6. The van der Waals surface area contributed by atoms with Crippen molar-refractivity contribution in [3.05, 3.63) is 29.8 Å². The number of hydrogen-bond donors (Lipinski definition) is 2. The number of amides is 1. The zero-order valence-electron chi connectivity index (χ0n) is 12.4. The molecule has 1 heterocycles. The highest BCUT2D eigenvalue weighted by atomic mass is 32.2. The first kappa shape index (κ1) is 16.2. The number of nitrogens with one attached hydrogen (secondary N) is 1. The van der Waals surface area contributed by atoms with Crippen LogP contribution in [0.1, 0.15) is 38.1 Å². The van der Waals surface area contributed by atoms with Gasteiger partial charge in [0.15, 0.2) is 0 Å². The van der Waals surface area contributed by atoms with Crippen LogP contribution in [0, 0.1) is 0 Å². The molecule has 1 saturated heterocycles. The van der Waals surface area contributed by atoms with Crippen LogP contribution in [0.15, 0.2) is 24.3 Å². The summed E-state index contributed by atoms with van der Waals surface area (Å²) >= 11 is -2.37. The highest BCUT2D eigenvalue weighted by molar-refractivity contribution is 7.77. The summed E-state index contributed by atoms with van der Waals surface area (Å²) in [5.74, 6) is -0.615. The first-order valence-corrected chi connectivity index (χ1v) is 7.60. The first-order chi connectivity index (χ1) is 9.62. The molecule has 0 bridgehead atoms. The minimum atomic E-state index is -2.37. The van der Waals surface area contributed by atoms with E-state index in [4.69, 9.17) is 13.9 Å². The smallest absolute Gasteiger partial charge is 0.399 e. The third-order valence-corrected chi connectivity index (χ3v) is 4.24. The third-order valence-electron chi connectivity index (χ3n) is 3.88. The summed E-state index contributed by atoms with van der Waals surface area (Å²) in [7, 11) is -0.501. The van der Waals surface area contributed by atoms with Crippen molar-refractivity contribution in [1.29, 1.82) is 0 Å². The molecule has 8 heteroatoms. The molecule has 0 aliphatic carbocycles. The van der Waals surface area contributed by atoms with Gasteiger partial charge in [0.1, 0.15) is 0 Å². The first-order valence-electron chi connectivity index (χ1n) is 6.50. The van der Waals surface area contributed by atoms with Gasteiger partial charge in [-0.15, -0.1) is 0 Å². The normalized spacial score (nSPS) is 21.1. The zero-order chi connectivity index (χ0) is 15.8. The minimum Gasteiger partial charge on any atom is -0.399 e. The number of carbonyl (C=O) groups excluding carboxylic acids is 1. The molecule has 0 spiro atoms. The molecule has 0 aromatic heterocycles. The summed E-state index contributed by atoms with van der Waals surface area (Å²) < 4.78 is 32.9. The summed E-state index contributed by atoms with van der Waals surface area (Å²) in [6.07, 6.45) is 0. The molecule has 1 amide bonds. The van der Waals surface area contributed by atoms with Gasteiger partial charge < -0.3 is 9.31 Å². The SMILES string of the molecule is CC1(C)OB(c2ccc(C(=O)NS(=O)O)cc2)OC1(C)C. The Morgan fingerprint density at radius 1 is 1.14 bits per heavy atom. The molecule has 114 valence electrons. The summed E-state index contributed by atoms with van der Waals surface area (Å²) in [4.78, 5) is 11.6. The van der Waals surface area contributed by atoms with E-state index >= 15 is 0 Å². The molecule has 1 fully saturated rings. The number of benzene rings is 1. The highest BCUT2D eigenvalue weighted by Crippen LogP contribution is 2.36. The number of rotatable bonds is 3. The molecule has 1 aromatic rings. The van der Waals surface area contributed by atoms with Gasteiger partial charge in [0.05, 0.1) is 11.2 Å². The van der Waals surface area contributed by atoms with Gasteiger partial charge in [-0.3, -0.25) is 9.35 Å². The molecule has 2 N–H and O–H groups in total. The van der Waals surface area contributed by atoms with Crippen molar-refractivity contribution in [3.8, 4) is 0 Å². The molecule has 0 saturated carbocycles. The Morgan fingerprint density at radius 3 is 2.05 bits per heavy atom. The highest BCUT2D eigenvalue weighted by Gasteiger charge is 2.51. The average Bonchev–Trinajstić information content (AvgIpc) is 2.58. The van der Waals surface area contributed by atoms with Gasteiger partial charge in [-0.25, -0.2) is 8.93 Å². The van der Waals surface area contributed by atoms with Crippen LogP contribution in [-0.2, 0) is 20.6 Å². The fourth-order valence-corrected chi connectivity index (χ4v) is 2.19. The van der Waals surface area contributed by atoms with E-state index in [-0.39, 0.29) is 5.56 Å². The van der Waals surface area contributed by atoms with Gasteiger partial charge >= 0.3 is 7.12 Å². The summed E-state index contributed by atoms with van der Waals surface area (Å²) in [5.41, 5.74) is 0.219. The molecule has 1 aliphatic rings.